The third kappa shape index (κ3) is 3.77. The molecule has 4 rings (SSSR count). The molecule has 0 amide bonds. The zero-order valence-corrected chi connectivity index (χ0v) is 19.6. The molecule has 2 aromatic heterocycles. The summed E-state index contributed by atoms with van der Waals surface area (Å²) < 4.78 is 13.6. The number of benzene rings is 2. The summed E-state index contributed by atoms with van der Waals surface area (Å²) in [6, 6.07) is 14.4. The number of hydrogen-bond acceptors (Lipinski definition) is 5. The molecule has 0 fully saturated rings. The van der Waals surface area contributed by atoms with Gasteiger partial charge in [0.1, 0.15) is 11.5 Å². The molecule has 1 N–H and O–H groups in total. The van der Waals surface area contributed by atoms with Gasteiger partial charge in [-0.05, 0) is 63.9 Å². The van der Waals surface area contributed by atoms with Crippen LogP contribution in [-0.4, -0.2) is 28.5 Å². The molecule has 166 valence electrons. The van der Waals surface area contributed by atoms with Crippen molar-refractivity contribution in [1.29, 1.82) is 0 Å². The van der Waals surface area contributed by atoms with Gasteiger partial charge in [-0.3, -0.25) is 0 Å². The monoisotopic (exact) mass is 430 g/mol. The number of methoxy groups -OCH3 is 1. The maximum Gasteiger partial charge on any atom is 0.162 e. The maximum atomic E-state index is 5.73. The van der Waals surface area contributed by atoms with E-state index in [0.717, 1.165) is 63.0 Å². The molecule has 4 aromatic rings. The van der Waals surface area contributed by atoms with Crippen LogP contribution >= 0.6 is 0 Å². The van der Waals surface area contributed by atoms with Crippen LogP contribution in [-0.2, 0) is 6.42 Å². The first-order chi connectivity index (χ1) is 15.5. The highest BCUT2D eigenvalue weighted by atomic mass is 16.5. The smallest absolute Gasteiger partial charge is 0.162 e. The van der Waals surface area contributed by atoms with Crippen molar-refractivity contribution in [2.45, 2.75) is 41.0 Å². The third-order valence-electron chi connectivity index (χ3n) is 5.84. The van der Waals surface area contributed by atoms with Crippen LogP contribution in [0.15, 0.2) is 42.5 Å². The van der Waals surface area contributed by atoms with Crippen molar-refractivity contribution in [3.63, 3.8) is 0 Å². The Balaban J connectivity index is 1.90. The van der Waals surface area contributed by atoms with Gasteiger partial charge in [0.25, 0.3) is 0 Å². The van der Waals surface area contributed by atoms with Crippen molar-refractivity contribution in [3.05, 3.63) is 65.1 Å². The van der Waals surface area contributed by atoms with Crippen LogP contribution < -0.4 is 14.8 Å². The summed E-state index contributed by atoms with van der Waals surface area (Å²) in [5.41, 5.74) is 6.31. The highest BCUT2D eigenvalue weighted by Crippen LogP contribution is 2.38. The van der Waals surface area contributed by atoms with Gasteiger partial charge in [-0.1, -0.05) is 19.1 Å². The van der Waals surface area contributed by atoms with Crippen molar-refractivity contribution in [2.24, 2.45) is 0 Å². The highest BCUT2D eigenvalue weighted by Gasteiger charge is 2.21. The van der Waals surface area contributed by atoms with Crippen molar-refractivity contribution < 1.29 is 9.47 Å². The molecule has 6 nitrogen and oxygen atoms in total. The van der Waals surface area contributed by atoms with Crippen molar-refractivity contribution >= 4 is 22.3 Å². The summed E-state index contributed by atoms with van der Waals surface area (Å²) >= 11 is 0. The summed E-state index contributed by atoms with van der Waals surface area (Å²) in [6.07, 6.45) is 0.983. The summed E-state index contributed by atoms with van der Waals surface area (Å²) in [5, 5.41) is 14.6. The van der Waals surface area contributed by atoms with E-state index in [2.05, 4.69) is 65.1 Å². The van der Waals surface area contributed by atoms with Gasteiger partial charge in [-0.2, -0.15) is 5.10 Å². The number of nitrogens with zero attached hydrogens (tertiary/aromatic N) is 3. The van der Waals surface area contributed by atoms with E-state index in [1.807, 2.05) is 32.0 Å². The van der Waals surface area contributed by atoms with E-state index in [1.54, 1.807) is 7.11 Å². The maximum absolute atomic E-state index is 5.73. The second-order valence-corrected chi connectivity index (χ2v) is 7.84. The summed E-state index contributed by atoms with van der Waals surface area (Å²) in [5.74, 6) is 2.30. The second kappa shape index (κ2) is 8.91. The second-order valence-electron chi connectivity index (χ2n) is 7.84. The molecule has 2 aromatic carbocycles. The first-order valence-corrected chi connectivity index (χ1v) is 11.0. The van der Waals surface area contributed by atoms with Crippen LogP contribution in [0, 0.1) is 20.8 Å². The van der Waals surface area contributed by atoms with Crippen LogP contribution in [0.1, 0.15) is 36.5 Å². The molecule has 32 heavy (non-hydrogen) atoms. The summed E-state index contributed by atoms with van der Waals surface area (Å²) in [7, 11) is 1.69. The van der Waals surface area contributed by atoms with E-state index in [9.17, 15) is 0 Å². The standard InChI is InChI=1S/C26H30N4O2/c1-7-19-10-9-11-20(14-19)27-26-25-18(5)30(17(4)24(25)16(3)28-29-26)22-13-12-21(32-8-2)15-23(22)31-6/h9-15H,7-8H2,1-6H3,(H,27,29). The van der Waals surface area contributed by atoms with E-state index in [-0.39, 0.29) is 0 Å². The average Bonchev–Trinajstić information content (AvgIpc) is 3.07. The fraction of sp³-hybridized carbons (Fsp3) is 0.308. The minimum atomic E-state index is 0.610. The van der Waals surface area contributed by atoms with Crippen molar-refractivity contribution in [2.75, 3.05) is 19.0 Å². The van der Waals surface area contributed by atoms with Gasteiger partial charge in [-0.25, -0.2) is 0 Å². The van der Waals surface area contributed by atoms with E-state index in [1.165, 1.54) is 5.56 Å². The predicted molar refractivity (Wildman–Crippen MR) is 130 cm³/mol. The van der Waals surface area contributed by atoms with Gasteiger partial charge in [0.05, 0.1) is 25.1 Å². The molecule has 0 bridgehead atoms. The van der Waals surface area contributed by atoms with Crippen LogP contribution in [0.4, 0.5) is 11.5 Å². The molecule has 0 aliphatic carbocycles. The Morgan fingerprint density at radius 3 is 2.44 bits per heavy atom. The minimum absolute atomic E-state index is 0.610. The molecule has 0 spiro atoms. The lowest BCUT2D eigenvalue weighted by Gasteiger charge is -2.15. The molecule has 0 atom stereocenters. The molecule has 0 saturated carbocycles. The molecular weight excluding hydrogens is 400 g/mol. The van der Waals surface area contributed by atoms with E-state index in [0.29, 0.717) is 6.61 Å². The molecule has 6 heteroatoms. The molecular formula is C26H30N4O2. The molecule has 0 unspecified atom stereocenters. The SMILES string of the molecule is CCOc1ccc(-n2c(C)c3c(C)nnc(Nc4cccc(CC)c4)c3c2C)c(OC)c1. The van der Waals surface area contributed by atoms with Crippen LogP contribution in [0.5, 0.6) is 11.5 Å². The Labute approximate surface area is 189 Å². The molecule has 0 aliphatic heterocycles. The van der Waals surface area contributed by atoms with E-state index in [4.69, 9.17) is 9.47 Å². The lowest BCUT2D eigenvalue weighted by Crippen LogP contribution is -2.03. The quantitative estimate of drug-likeness (QED) is 0.386. The topological polar surface area (TPSA) is 61.2 Å². The Kier molecular flexibility index (Phi) is 6.04. The largest absolute Gasteiger partial charge is 0.494 e. The zero-order valence-electron chi connectivity index (χ0n) is 19.6. The third-order valence-corrected chi connectivity index (χ3v) is 5.84. The minimum Gasteiger partial charge on any atom is -0.494 e. The molecule has 0 aliphatic rings. The van der Waals surface area contributed by atoms with Crippen LogP contribution in [0.2, 0.25) is 0 Å². The number of nitrogens with one attached hydrogen (secondary N) is 1. The molecule has 2 heterocycles. The fourth-order valence-electron chi connectivity index (χ4n) is 4.35. The van der Waals surface area contributed by atoms with Gasteiger partial charge in [0.15, 0.2) is 5.82 Å². The van der Waals surface area contributed by atoms with Crippen LogP contribution in [0.25, 0.3) is 16.5 Å². The summed E-state index contributed by atoms with van der Waals surface area (Å²) in [6.45, 7) is 11.0. The molecule has 0 radical (unpaired) electrons. The first kappa shape index (κ1) is 21.7. The highest BCUT2D eigenvalue weighted by molar-refractivity contribution is 5.99. The van der Waals surface area contributed by atoms with Gasteiger partial charge < -0.3 is 19.4 Å². The number of ether oxygens (including phenoxy) is 2. The number of fused-ring (bicyclic) bond motifs is 1. The summed E-state index contributed by atoms with van der Waals surface area (Å²) in [4.78, 5) is 0. The van der Waals surface area contributed by atoms with Gasteiger partial charge in [-0.15, -0.1) is 5.10 Å². The normalized spacial score (nSPS) is 11.1. The zero-order chi connectivity index (χ0) is 22.8. The fourth-order valence-corrected chi connectivity index (χ4v) is 4.35. The lowest BCUT2D eigenvalue weighted by molar-refractivity contribution is 0.336. The van der Waals surface area contributed by atoms with Crippen molar-refractivity contribution in [1.82, 2.24) is 14.8 Å². The number of anilines is 2. The Morgan fingerprint density at radius 2 is 1.72 bits per heavy atom. The van der Waals surface area contributed by atoms with Gasteiger partial charge in [0.2, 0.25) is 0 Å². The number of hydrogen-bond donors (Lipinski definition) is 1. The Morgan fingerprint density at radius 1 is 0.938 bits per heavy atom. The van der Waals surface area contributed by atoms with E-state index < -0.39 is 0 Å². The van der Waals surface area contributed by atoms with Crippen molar-refractivity contribution in [3.8, 4) is 17.2 Å². The number of aryl methyl sites for hydroxylation is 4. The number of rotatable bonds is 7. The predicted octanol–water partition coefficient (Wildman–Crippen LogP) is 6.06. The van der Waals surface area contributed by atoms with Gasteiger partial charge >= 0.3 is 0 Å². The number of aromatic nitrogens is 3. The average molecular weight is 431 g/mol. The van der Waals surface area contributed by atoms with Crippen LogP contribution in [0.3, 0.4) is 0 Å². The van der Waals surface area contributed by atoms with Gasteiger partial charge in [0, 0.05) is 33.9 Å². The first-order valence-electron chi connectivity index (χ1n) is 11.0. The lowest BCUT2D eigenvalue weighted by atomic mass is 10.1. The molecule has 0 saturated heterocycles. The Bertz CT molecular complexity index is 1280. The Hall–Kier alpha value is -3.54. The van der Waals surface area contributed by atoms with E-state index >= 15 is 0 Å².